The van der Waals surface area contributed by atoms with E-state index in [4.69, 9.17) is 10.2 Å². The molecule has 8 heteroatoms. The lowest BCUT2D eigenvalue weighted by atomic mass is 10.1. The third-order valence-electron chi connectivity index (χ3n) is 5.81. The Morgan fingerprint density at radius 3 is 1.65 bits per heavy atom. The molecule has 0 aliphatic carbocycles. The van der Waals surface area contributed by atoms with Crippen molar-refractivity contribution in [3.8, 4) is 0 Å². The van der Waals surface area contributed by atoms with Crippen molar-refractivity contribution in [3.05, 3.63) is 12.2 Å². The Balaban J connectivity index is 4.12. The summed E-state index contributed by atoms with van der Waals surface area (Å²) < 4.78 is 0. The second-order valence-corrected chi connectivity index (χ2v) is 8.87. The van der Waals surface area contributed by atoms with E-state index in [9.17, 15) is 24.3 Å². The third-order valence-corrected chi connectivity index (χ3v) is 5.81. The Morgan fingerprint density at radius 1 is 0.676 bits per heavy atom. The van der Waals surface area contributed by atoms with E-state index in [2.05, 4.69) is 19.1 Å². The van der Waals surface area contributed by atoms with Crippen LogP contribution in [0.5, 0.6) is 0 Å². The van der Waals surface area contributed by atoms with E-state index in [1.807, 2.05) is 0 Å². The summed E-state index contributed by atoms with van der Waals surface area (Å²) in [5, 5.41) is 27.1. The molecule has 0 aromatic heterocycles. The molecule has 8 nitrogen and oxygen atoms in total. The van der Waals surface area contributed by atoms with Crippen molar-refractivity contribution < 1.29 is 34.5 Å². The van der Waals surface area contributed by atoms with E-state index in [0.717, 1.165) is 49.8 Å². The number of carbonyl (C=O) groups excluding carboxylic acids is 1. The first-order chi connectivity index (χ1) is 16.3. The summed E-state index contributed by atoms with van der Waals surface area (Å²) in [6.07, 6.45) is 18.8. The molecule has 0 aromatic rings. The number of allylic oxidation sites excluding steroid dienone is 2. The van der Waals surface area contributed by atoms with Gasteiger partial charge in [0.25, 0.3) is 0 Å². The Labute approximate surface area is 204 Å². The molecule has 34 heavy (non-hydrogen) atoms. The quantitative estimate of drug-likeness (QED) is 0.126. The zero-order valence-electron chi connectivity index (χ0n) is 20.9. The van der Waals surface area contributed by atoms with Gasteiger partial charge < -0.3 is 20.2 Å². The number of hydrogen-bond acceptors (Lipinski definition) is 4. The van der Waals surface area contributed by atoms with Gasteiger partial charge in [-0.1, -0.05) is 76.9 Å². The molecule has 0 heterocycles. The number of aliphatic carboxylic acids is 3. The van der Waals surface area contributed by atoms with Crippen LogP contribution in [0.1, 0.15) is 116 Å². The molecule has 0 radical (unpaired) electrons. The molecule has 0 aromatic carbocycles. The van der Waals surface area contributed by atoms with E-state index in [1.165, 1.54) is 38.5 Å². The van der Waals surface area contributed by atoms with Crippen LogP contribution in [0, 0.1) is 0 Å². The Kier molecular flexibility index (Phi) is 19.7. The van der Waals surface area contributed by atoms with Gasteiger partial charge in [0.2, 0.25) is 5.91 Å². The van der Waals surface area contributed by atoms with Crippen LogP contribution in [0.15, 0.2) is 12.2 Å². The Bertz CT molecular complexity index is 618. The minimum atomic E-state index is -1.48. The van der Waals surface area contributed by atoms with Crippen LogP contribution in [0.4, 0.5) is 0 Å². The lowest BCUT2D eigenvalue weighted by Gasteiger charge is -2.28. The van der Waals surface area contributed by atoms with Crippen LogP contribution >= 0.6 is 0 Å². The number of carbonyl (C=O) groups is 4. The molecular weight excluding hydrogens is 438 g/mol. The van der Waals surface area contributed by atoms with Crippen LogP contribution in [0.2, 0.25) is 0 Å². The van der Waals surface area contributed by atoms with E-state index < -0.39 is 42.7 Å². The summed E-state index contributed by atoms with van der Waals surface area (Å²) in [6.45, 7) is 2.34. The first kappa shape index (κ1) is 31.6. The maximum Gasteiger partial charge on any atom is 0.327 e. The summed E-state index contributed by atoms with van der Waals surface area (Å²) in [5.41, 5.74) is 0. The fourth-order valence-electron chi connectivity index (χ4n) is 3.84. The van der Waals surface area contributed by atoms with Gasteiger partial charge in [-0.05, 0) is 32.1 Å². The highest BCUT2D eigenvalue weighted by atomic mass is 16.4. The van der Waals surface area contributed by atoms with Gasteiger partial charge in [0, 0.05) is 13.0 Å². The van der Waals surface area contributed by atoms with Gasteiger partial charge in [0.15, 0.2) is 0 Å². The molecule has 0 bridgehead atoms. The summed E-state index contributed by atoms with van der Waals surface area (Å²) in [6, 6.07) is -1.48. The first-order valence-corrected chi connectivity index (χ1v) is 12.9. The smallest absolute Gasteiger partial charge is 0.327 e. The lowest BCUT2D eigenvalue weighted by molar-refractivity contribution is -0.155. The number of rotatable bonds is 23. The summed E-state index contributed by atoms with van der Waals surface area (Å²) in [4.78, 5) is 46.7. The van der Waals surface area contributed by atoms with Gasteiger partial charge in [-0.2, -0.15) is 0 Å². The molecule has 0 spiro atoms. The SMILES string of the molecule is CCCCCCCC/C=C\CCCCCCCCN(C(=O)CCC(=O)O)C(CC(=O)O)C(=O)O. The molecule has 1 unspecified atom stereocenters. The van der Waals surface area contributed by atoms with Gasteiger partial charge in [0.05, 0.1) is 12.8 Å². The zero-order chi connectivity index (χ0) is 25.6. The van der Waals surface area contributed by atoms with Gasteiger partial charge in [-0.15, -0.1) is 0 Å². The van der Waals surface area contributed by atoms with E-state index in [1.54, 1.807) is 0 Å². The molecule has 3 N–H and O–H groups in total. The average Bonchev–Trinajstić information content (AvgIpc) is 2.78. The monoisotopic (exact) mass is 483 g/mol. The molecular formula is C26H45NO7. The first-order valence-electron chi connectivity index (χ1n) is 12.9. The second-order valence-electron chi connectivity index (χ2n) is 8.87. The van der Waals surface area contributed by atoms with Crippen molar-refractivity contribution in [1.29, 1.82) is 0 Å². The average molecular weight is 484 g/mol. The number of amides is 1. The van der Waals surface area contributed by atoms with Gasteiger partial charge in [-0.3, -0.25) is 14.4 Å². The summed E-state index contributed by atoms with van der Waals surface area (Å²) in [7, 11) is 0. The highest BCUT2D eigenvalue weighted by Crippen LogP contribution is 2.14. The van der Waals surface area contributed by atoms with E-state index in [-0.39, 0.29) is 13.0 Å². The van der Waals surface area contributed by atoms with Crippen molar-refractivity contribution >= 4 is 23.8 Å². The molecule has 0 aliphatic rings. The maximum atomic E-state index is 12.4. The fourth-order valence-corrected chi connectivity index (χ4v) is 3.84. The summed E-state index contributed by atoms with van der Waals surface area (Å²) >= 11 is 0. The van der Waals surface area contributed by atoms with E-state index in [0.29, 0.717) is 6.42 Å². The summed E-state index contributed by atoms with van der Waals surface area (Å²) in [5.74, 6) is -4.50. The van der Waals surface area contributed by atoms with Gasteiger partial charge in [-0.25, -0.2) is 4.79 Å². The maximum absolute atomic E-state index is 12.4. The minimum absolute atomic E-state index is 0.115. The highest BCUT2D eigenvalue weighted by Gasteiger charge is 2.31. The largest absolute Gasteiger partial charge is 0.481 e. The lowest BCUT2D eigenvalue weighted by Crippen LogP contribution is -2.46. The number of carboxylic acid groups (broad SMARTS) is 3. The minimum Gasteiger partial charge on any atom is -0.481 e. The van der Waals surface area contributed by atoms with Crippen LogP contribution < -0.4 is 0 Å². The van der Waals surface area contributed by atoms with Crippen molar-refractivity contribution in [3.63, 3.8) is 0 Å². The molecule has 0 saturated heterocycles. The number of unbranched alkanes of at least 4 members (excludes halogenated alkanes) is 12. The van der Waals surface area contributed by atoms with Gasteiger partial charge >= 0.3 is 17.9 Å². The van der Waals surface area contributed by atoms with Crippen molar-refractivity contribution in [2.24, 2.45) is 0 Å². The van der Waals surface area contributed by atoms with Crippen molar-refractivity contribution in [2.75, 3.05) is 6.54 Å². The molecule has 0 rings (SSSR count). The standard InChI is InChI=1S/C26H45NO7/c1-2-3-4-5-6-7-8-9-10-11-12-13-14-15-16-17-20-27(23(28)18-19-24(29)30)22(26(33)34)21-25(31)32/h9-10,22H,2-8,11-21H2,1H3,(H,29,30)(H,31,32)(H,33,34)/b10-9-. The second kappa shape index (κ2) is 21.2. The highest BCUT2D eigenvalue weighted by molar-refractivity contribution is 5.88. The van der Waals surface area contributed by atoms with Crippen LogP contribution in [-0.4, -0.2) is 56.6 Å². The van der Waals surface area contributed by atoms with Crippen molar-refractivity contribution in [1.82, 2.24) is 4.90 Å². The third kappa shape index (κ3) is 18.1. The topological polar surface area (TPSA) is 132 Å². The number of hydrogen-bond donors (Lipinski definition) is 3. The predicted molar refractivity (Wildman–Crippen MR) is 132 cm³/mol. The van der Waals surface area contributed by atoms with Crippen LogP contribution in [-0.2, 0) is 19.2 Å². The molecule has 0 saturated carbocycles. The van der Waals surface area contributed by atoms with Crippen molar-refractivity contribution in [2.45, 2.75) is 122 Å². The number of nitrogens with zero attached hydrogens (tertiary/aromatic N) is 1. The Morgan fingerprint density at radius 2 is 1.18 bits per heavy atom. The number of carboxylic acids is 3. The van der Waals surface area contributed by atoms with E-state index >= 15 is 0 Å². The molecule has 0 fully saturated rings. The van der Waals surface area contributed by atoms with Gasteiger partial charge in [0.1, 0.15) is 6.04 Å². The molecule has 0 aliphatic heterocycles. The predicted octanol–water partition coefficient (Wildman–Crippen LogP) is 5.65. The molecule has 1 atom stereocenters. The Hall–Kier alpha value is -2.38. The van der Waals surface area contributed by atoms with Crippen LogP contribution in [0.25, 0.3) is 0 Å². The zero-order valence-corrected chi connectivity index (χ0v) is 20.9. The fraction of sp³-hybridized carbons (Fsp3) is 0.769. The molecule has 1 amide bonds. The molecule has 196 valence electrons. The van der Waals surface area contributed by atoms with Crippen LogP contribution in [0.3, 0.4) is 0 Å². The normalized spacial score (nSPS) is 12.0.